The molecule has 1 aromatic heterocycles. The highest BCUT2D eigenvalue weighted by atomic mass is 32.2. The summed E-state index contributed by atoms with van der Waals surface area (Å²) in [5.41, 5.74) is 0. The normalized spacial score (nSPS) is 18.9. The number of hydrogen-bond acceptors (Lipinski definition) is 4. The summed E-state index contributed by atoms with van der Waals surface area (Å²) in [6, 6.07) is 2.48. The first-order valence-corrected chi connectivity index (χ1v) is 6.63. The first kappa shape index (κ1) is 12.8. The number of carboxylic acids is 1. The number of thioether (sulfide) groups is 1. The third-order valence-electron chi connectivity index (χ3n) is 2.64. The summed E-state index contributed by atoms with van der Waals surface area (Å²) in [6.07, 6.45) is 0. The predicted molar refractivity (Wildman–Crippen MR) is 66.3 cm³/mol. The fraction of sp³-hybridized carbons (Fsp3) is 0.455. The number of nitrogens with zero attached hydrogens (tertiary/aromatic N) is 1. The van der Waals surface area contributed by atoms with E-state index in [4.69, 9.17) is 9.52 Å². The molecule has 2 heterocycles. The van der Waals surface area contributed by atoms with Crippen LogP contribution in [0.1, 0.15) is 11.5 Å². The SMILES string of the molecule is Cc1ccc(CNC(=O)N2CSC[C@H]2C(=O)O)o1. The van der Waals surface area contributed by atoms with Crippen molar-refractivity contribution in [2.45, 2.75) is 19.5 Å². The van der Waals surface area contributed by atoms with Crippen molar-refractivity contribution in [2.75, 3.05) is 11.6 Å². The molecule has 0 spiro atoms. The van der Waals surface area contributed by atoms with E-state index in [9.17, 15) is 9.59 Å². The minimum Gasteiger partial charge on any atom is -0.480 e. The Morgan fingerprint density at radius 1 is 1.61 bits per heavy atom. The molecule has 0 aliphatic carbocycles. The number of carbonyl (C=O) groups excluding carboxylic acids is 1. The van der Waals surface area contributed by atoms with E-state index in [1.54, 1.807) is 6.07 Å². The van der Waals surface area contributed by atoms with Gasteiger partial charge in [0.2, 0.25) is 0 Å². The highest BCUT2D eigenvalue weighted by Crippen LogP contribution is 2.21. The molecule has 0 unspecified atom stereocenters. The summed E-state index contributed by atoms with van der Waals surface area (Å²) < 4.78 is 5.32. The molecule has 2 amide bonds. The van der Waals surface area contributed by atoms with Gasteiger partial charge in [-0.1, -0.05) is 0 Å². The predicted octanol–water partition coefficient (Wildman–Crippen LogP) is 1.26. The van der Waals surface area contributed by atoms with E-state index in [-0.39, 0.29) is 12.6 Å². The smallest absolute Gasteiger partial charge is 0.327 e. The van der Waals surface area contributed by atoms with Gasteiger partial charge in [-0.2, -0.15) is 0 Å². The van der Waals surface area contributed by atoms with Crippen molar-refractivity contribution >= 4 is 23.8 Å². The molecular weight excluding hydrogens is 256 g/mol. The largest absolute Gasteiger partial charge is 0.480 e. The molecule has 18 heavy (non-hydrogen) atoms. The van der Waals surface area contributed by atoms with Crippen molar-refractivity contribution in [1.82, 2.24) is 10.2 Å². The number of carbonyl (C=O) groups is 2. The zero-order chi connectivity index (χ0) is 13.1. The molecule has 2 rings (SSSR count). The van der Waals surface area contributed by atoms with E-state index in [1.165, 1.54) is 16.7 Å². The van der Waals surface area contributed by atoms with Gasteiger partial charge in [0.15, 0.2) is 0 Å². The molecule has 0 saturated carbocycles. The lowest BCUT2D eigenvalue weighted by Crippen LogP contribution is -2.46. The molecule has 0 radical (unpaired) electrons. The van der Waals surface area contributed by atoms with Crippen molar-refractivity contribution in [3.63, 3.8) is 0 Å². The Hall–Kier alpha value is -1.63. The van der Waals surface area contributed by atoms with Gasteiger partial charge in [-0.25, -0.2) is 9.59 Å². The summed E-state index contributed by atoms with van der Waals surface area (Å²) in [7, 11) is 0. The van der Waals surface area contributed by atoms with Crippen molar-refractivity contribution < 1.29 is 19.1 Å². The van der Waals surface area contributed by atoms with Crippen LogP contribution < -0.4 is 5.32 Å². The van der Waals surface area contributed by atoms with E-state index in [0.29, 0.717) is 17.4 Å². The summed E-state index contributed by atoms with van der Waals surface area (Å²) in [5.74, 6) is 1.30. The highest BCUT2D eigenvalue weighted by Gasteiger charge is 2.34. The van der Waals surface area contributed by atoms with Crippen LogP contribution in [0.15, 0.2) is 16.5 Å². The first-order chi connectivity index (χ1) is 8.58. The van der Waals surface area contributed by atoms with Gasteiger partial charge in [-0.05, 0) is 19.1 Å². The van der Waals surface area contributed by atoms with Gasteiger partial charge in [0, 0.05) is 5.75 Å². The van der Waals surface area contributed by atoms with E-state index < -0.39 is 12.0 Å². The zero-order valence-corrected chi connectivity index (χ0v) is 10.7. The Morgan fingerprint density at radius 3 is 3.00 bits per heavy atom. The molecule has 0 aromatic carbocycles. The third kappa shape index (κ3) is 2.79. The number of rotatable bonds is 3. The second-order valence-electron chi connectivity index (χ2n) is 3.99. The van der Waals surface area contributed by atoms with Crippen LogP contribution in [0, 0.1) is 6.92 Å². The van der Waals surface area contributed by atoms with Gasteiger partial charge in [0.1, 0.15) is 17.6 Å². The maximum atomic E-state index is 11.8. The molecule has 7 heteroatoms. The number of nitrogens with one attached hydrogen (secondary N) is 1. The number of urea groups is 1. The Labute approximate surface area is 108 Å². The van der Waals surface area contributed by atoms with E-state index in [2.05, 4.69) is 5.32 Å². The van der Waals surface area contributed by atoms with Crippen molar-refractivity contribution in [1.29, 1.82) is 0 Å². The number of furan rings is 1. The molecule has 98 valence electrons. The monoisotopic (exact) mass is 270 g/mol. The number of aliphatic carboxylic acids is 1. The van der Waals surface area contributed by atoms with Crippen LogP contribution in [0.5, 0.6) is 0 Å². The lowest BCUT2D eigenvalue weighted by atomic mass is 10.3. The number of carboxylic acid groups (broad SMARTS) is 1. The van der Waals surface area contributed by atoms with Crippen LogP contribution in [0.2, 0.25) is 0 Å². The maximum absolute atomic E-state index is 11.8. The zero-order valence-electron chi connectivity index (χ0n) is 9.88. The average Bonchev–Trinajstić information content (AvgIpc) is 2.94. The van der Waals surface area contributed by atoms with E-state index in [0.717, 1.165) is 5.76 Å². The van der Waals surface area contributed by atoms with Crippen molar-refractivity contribution in [2.24, 2.45) is 0 Å². The second kappa shape index (κ2) is 5.34. The van der Waals surface area contributed by atoms with Crippen molar-refractivity contribution in [3.05, 3.63) is 23.7 Å². The minimum absolute atomic E-state index is 0.264. The molecule has 1 fully saturated rings. The van der Waals surface area contributed by atoms with E-state index >= 15 is 0 Å². The maximum Gasteiger partial charge on any atom is 0.327 e. The lowest BCUT2D eigenvalue weighted by molar-refractivity contribution is -0.140. The summed E-state index contributed by atoms with van der Waals surface area (Å²) in [5, 5.41) is 11.6. The van der Waals surface area contributed by atoms with Gasteiger partial charge in [0.05, 0.1) is 12.4 Å². The standard InChI is InChI=1S/C11H14N2O4S/c1-7-2-3-8(17-7)4-12-11(16)13-6-18-5-9(13)10(14)15/h2-3,9H,4-6H2,1H3,(H,12,16)(H,14,15)/t9-/m0/s1. The van der Waals surface area contributed by atoms with Gasteiger partial charge in [0.25, 0.3) is 0 Å². The second-order valence-corrected chi connectivity index (χ2v) is 4.99. The molecule has 1 saturated heterocycles. The van der Waals surface area contributed by atoms with Gasteiger partial charge in [-0.3, -0.25) is 0 Å². The fourth-order valence-corrected chi connectivity index (χ4v) is 2.84. The van der Waals surface area contributed by atoms with Gasteiger partial charge in [-0.15, -0.1) is 11.8 Å². The topological polar surface area (TPSA) is 82.8 Å². The molecule has 1 aliphatic heterocycles. The van der Waals surface area contributed by atoms with Crippen LogP contribution in [0.3, 0.4) is 0 Å². The highest BCUT2D eigenvalue weighted by molar-refractivity contribution is 7.99. The lowest BCUT2D eigenvalue weighted by Gasteiger charge is -2.20. The van der Waals surface area contributed by atoms with Crippen LogP contribution in [-0.2, 0) is 11.3 Å². The molecule has 0 bridgehead atoms. The average molecular weight is 270 g/mol. The van der Waals surface area contributed by atoms with Crippen LogP contribution in [0.25, 0.3) is 0 Å². The minimum atomic E-state index is -0.969. The number of amides is 2. The summed E-state index contributed by atoms with van der Waals surface area (Å²) in [4.78, 5) is 24.1. The summed E-state index contributed by atoms with van der Waals surface area (Å²) >= 11 is 1.43. The van der Waals surface area contributed by atoms with Crippen LogP contribution >= 0.6 is 11.8 Å². The fourth-order valence-electron chi connectivity index (χ4n) is 1.69. The Kier molecular flexibility index (Phi) is 3.81. The summed E-state index contributed by atoms with van der Waals surface area (Å²) in [6.45, 7) is 2.09. The molecule has 2 N–H and O–H groups in total. The Morgan fingerprint density at radius 2 is 2.39 bits per heavy atom. The number of hydrogen-bond donors (Lipinski definition) is 2. The van der Waals surface area contributed by atoms with Gasteiger partial charge >= 0.3 is 12.0 Å². The van der Waals surface area contributed by atoms with Crippen LogP contribution in [-0.4, -0.2) is 39.7 Å². The Balaban J connectivity index is 1.89. The van der Waals surface area contributed by atoms with E-state index in [1.807, 2.05) is 13.0 Å². The molecule has 1 aliphatic rings. The first-order valence-electron chi connectivity index (χ1n) is 5.48. The number of aryl methyl sites for hydroxylation is 1. The van der Waals surface area contributed by atoms with Crippen molar-refractivity contribution in [3.8, 4) is 0 Å². The molecule has 1 aromatic rings. The van der Waals surface area contributed by atoms with Gasteiger partial charge < -0.3 is 19.7 Å². The molecular formula is C11H14N2O4S. The molecule has 1 atom stereocenters. The Bertz CT molecular complexity index is 460. The third-order valence-corrected chi connectivity index (χ3v) is 3.65. The molecule has 6 nitrogen and oxygen atoms in total. The quantitative estimate of drug-likeness (QED) is 0.864. The van der Waals surface area contributed by atoms with Crippen LogP contribution in [0.4, 0.5) is 4.79 Å².